The molecular formula is C17H25N3O4. The standard InChI is InChI=1S/C17H25N3O4/c1-17(2,3)24-16(21)18-14-8-6-10-19(12-14)11-13-7-4-5-9-15(13)20(22)23/h4-5,7,9,14H,6,8,10-12H2,1-3H3,(H,18,21). The maximum absolute atomic E-state index is 11.9. The van der Waals surface area contributed by atoms with Gasteiger partial charge < -0.3 is 10.1 Å². The van der Waals surface area contributed by atoms with Crippen LogP contribution in [0.4, 0.5) is 10.5 Å². The molecule has 1 N–H and O–H groups in total. The number of benzene rings is 1. The molecule has 1 aliphatic rings. The highest BCUT2D eigenvalue weighted by atomic mass is 16.6. The van der Waals surface area contributed by atoms with Crippen LogP contribution in [-0.2, 0) is 11.3 Å². The number of carbonyl (C=O) groups excluding carboxylic acids is 1. The monoisotopic (exact) mass is 335 g/mol. The summed E-state index contributed by atoms with van der Waals surface area (Å²) in [6.07, 6.45) is 1.40. The summed E-state index contributed by atoms with van der Waals surface area (Å²) >= 11 is 0. The van der Waals surface area contributed by atoms with Crippen molar-refractivity contribution in [2.45, 2.75) is 51.8 Å². The summed E-state index contributed by atoms with van der Waals surface area (Å²) in [4.78, 5) is 24.8. The molecule has 0 radical (unpaired) electrons. The van der Waals surface area contributed by atoms with E-state index < -0.39 is 11.7 Å². The number of para-hydroxylation sites is 1. The van der Waals surface area contributed by atoms with Crippen LogP contribution in [0, 0.1) is 10.1 Å². The summed E-state index contributed by atoms with van der Waals surface area (Å²) in [7, 11) is 0. The van der Waals surface area contributed by atoms with Crippen LogP contribution >= 0.6 is 0 Å². The summed E-state index contributed by atoms with van der Waals surface area (Å²) in [5, 5.41) is 14.0. The zero-order valence-electron chi connectivity index (χ0n) is 14.4. The molecule has 1 aromatic carbocycles. The molecule has 1 unspecified atom stereocenters. The highest BCUT2D eigenvalue weighted by molar-refractivity contribution is 5.68. The third kappa shape index (κ3) is 5.49. The summed E-state index contributed by atoms with van der Waals surface area (Å²) in [5.41, 5.74) is 0.309. The SMILES string of the molecule is CC(C)(C)OC(=O)NC1CCCN(Cc2ccccc2[N+](=O)[O-])C1. The van der Waals surface area contributed by atoms with E-state index in [1.807, 2.05) is 26.8 Å². The molecule has 2 rings (SSSR count). The molecule has 1 amide bonds. The van der Waals surface area contributed by atoms with E-state index in [2.05, 4.69) is 10.2 Å². The van der Waals surface area contributed by atoms with E-state index in [1.165, 1.54) is 6.07 Å². The van der Waals surface area contributed by atoms with Gasteiger partial charge in [-0.2, -0.15) is 0 Å². The van der Waals surface area contributed by atoms with Gasteiger partial charge in [0.15, 0.2) is 0 Å². The minimum atomic E-state index is -0.525. The predicted molar refractivity (Wildman–Crippen MR) is 90.8 cm³/mol. The van der Waals surface area contributed by atoms with Crippen LogP contribution in [0.25, 0.3) is 0 Å². The number of alkyl carbamates (subject to hydrolysis) is 1. The van der Waals surface area contributed by atoms with E-state index >= 15 is 0 Å². The molecule has 1 heterocycles. The van der Waals surface area contributed by atoms with Crippen LogP contribution in [0.5, 0.6) is 0 Å². The molecule has 1 aliphatic heterocycles. The average molecular weight is 335 g/mol. The van der Waals surface area contributed by atoms with Crippen molar-refractivity contribution in [1.82, 2.24) is 10.2 Å². The third-order valence-electron chi connectivity index (χ3n) is 3.81. The predicted octanol–water partition coefficient (Wildman–Crippen LogP) is 3.08. The first-order valence-electron chi connectivity index (χ1n) is 8.19. The van der Waals surface area contributed by atoms with Crippen LogP contribution < -0.4 is 5.32 Å². The minimum absolute atomic E-state index is 0.00336. The Hall–Kier alpha value is -2.15. The van der Waals surface area contributed by atoms with Crippen molar-refractivity contribution < 1.29 is 14.5 Å². The van der Waals surface area contributed by atoms with Gasteiger partial charge in [0, 0.05) is 30.8 Å². The Kier molecular flexibility index (Phi) is 5.77. The Morgan fingerprint density at radius 3 is 2.79 bits per heavy atom. The van der Waals surface area contributed by atoms with Gasteiger partial charge in [0.25, 0.3) is 5.69 Å². The second-order valence-electron chi connectivity index (χ2n) is 7.11. The van der Waals surface area contributed by atoms with Crippen LogP contribution in [0.3, 0.4) is 0 Å². The van der Waals surface area contributed by atoms with Crippen molar-refractivity contribution in [2.24, 2.45) is 0 Å². The second kappa shape index (κ2) is 7.61. The van der Waals surface area contributed by atoms with E-state index in [9.17, 15) is 14.9 Å². The molecule has 0 aromatic heterocycles. The number of amides is 1. The lowest BCUT2D eigenvalue weighted by Crippen LogP contribution is -2.48. The van der Waals surface area contributed by atoms with Crippen molar-refractivity contribution in [1.29, 1.82) is 0 Å². The van der Waals surface area contributed by atoms with E-state index in [-0.39, 0.29) is 16.7 Å². The first kappa shape index (κ1) is 18.2. The lowest BCUT2D eigenvalue weighted by molar-refractivity contribution is -0.385. The molecular weight excluding hydrogens is 310 g/mol. The van der Waals surface area contributed by atoms with Crippen molar-refractivity contribution in [3.8, 4) is 0 Å². The smallest absolute Gasteiger partial charge is 0.407 e. The minimum Gasteiger partial charge on any atom is -0.444 e. The van der Waals surface area contributed by atoms with E-state index in [4.69, 9.17) is 4.74 Å². The Morgan fingerprint density at radius 2 is 2.12 bits per heavy atom. The number of nitro benzene ring substituents is 1. The fourth-order valence-corrected chi connectivity index (χ4v) is 2.85. The van der Waals surface area contributed by atoms with Crippen molar-refractivity contribution >= 4 is 11.8 Å². The maximum Gasteiger partial charge on any atom is 0.407 e. The Morgan fingerprint density at radius 1 is 1.42 bits per heavy atom. The van der Waals surface area contributed by atoms with Crippen LogP contribution in [0.15, 0.2) is 24.3 Å². The van der Waals surface area contributed by atoms with Crippen molar-refractivity contribution in [2.75, 3.05) is 13.1 Å². The normalized spacial score (nSPS) is 18.9. The quantitative estimate of drug-likeness (QED) is 0.675. The molecule has 0 aliphatic carbocycles. The molecule has 7 nitrogen and oxygen atoms in total. The molecule has 0 bridgehead atoms. The average Bonchev–Trinajstić information content (AvgIpc) is 2.45. The first-order chi connectivity index (χ1) is 11.2. The molecule has 7 heteroatoms. The van der Waals surface area contributed by atoms with Gasteiger partial charge in [-0.15, -0.1) is 0 Å². The number of piperidine rings is 1. The van der Waals surface area contributed by atoms with Gasteiger partial charge in [0.2, 0.25) is 0 Å². The molecule has 1 fully saturated rings. The number of rotatable bonds is 4. The number of carbonyl (C=O) groups is 1. The molecule has 0 saturated carbocycles. The van der Waals surface area contributed by atoms with Crippen LogP contribution in [0.1, 0.15) is 39.2 Å². The highest BCUT2D eigenvalue weighted by Crippen LogP contribution is 2.21. The largest absolute Gasteiger partial charge is 0.444 e. The highest BCUT2D eigenvalue weighted by Gasteiger charge is 2.25. The molecule has 24 heavy (non-hydrogen) atoms. The van der Waals surface area contributed by atoms with Gasteiger partial charge >= 0.3 is 6.09 Å². The molecule has 0 spiro atoms. The zero-order valence-corrected chi connectivity index (χ0v) is 14.4. The lowest BCUT2D eigenvalue weighted by Gasteiger charge is -2.33. The summed E-state index contributed by atoms with van der Waals surface area (Å²) in [5.74, 6) is 0. The number of nitro groups is 1. The Bertz CT molecular complexity index is 598. The van der Waals surface area contributed by atoms with Crippen LogP contribution in [-0.4, -0.2) is 40.6 Å². The van der Waals surface area contributed by atoms with Gasteiger partial charge in [-0.05, 0) is 40.2 Å². The van der Waals surface area contributed by atoms with E-state index in [0.29, 0.717) is 18.7 Å². The van der Waals surface area contributed by atoms with Gasteiger partial charge in [0.05, 0.1) is 4.92 Å². The van der Waals surface area contributed by atoms with Gasteiger partial charge in [-0.1, -0.05) is 18.2 Å². The van der Waals surface area contributed by atoms with E-state index in [0.717, 1.165) is 19.4 Å². The molecule has 1 saturated heterocycles. The number of nitrogens with one attached hydrogen (secondary N) is 1. The number of hydrogen-bond acceptors (Lipinski definition) is 5. The Labute approximate surface area is 142 Å². The molecule has 132 valence electrons. The van der Waals surface area contributed by atoms with Crippen molar-refractivity contribution in [3.63, 3.8) is 0 Å². The molecule has 1 aromatic rings. The van der Waals surface area contributed by atoms with E-state index in [1.54, 1.807) is 12.1 Å². The number of likely N-dealkylation sites (tertiary alicyclic amines) is 1. The van der Waals surface area contributed by atoms with Gasteiger partial charge in [-0.25, -0.2) is 4.79 Å². The van der Waals surface area contributed by atoms with Crippen LogP contribution in [0.2, 0.25) is 0 Å². The first-order valence-corrected chi connectivity index (χ1v) is 8.19. The zero-order chi connectivity index (χ0) is 17.7. The summed E-state index contributed by atoms with van der Waals surface area (Å²) in [6, 6.07) is 6.78. The Balaban J connectivity index is 1.94. The number of ether oxygens (including phenoxy) is 1. The van der Waals surface area contributed by atoms with Gasteiger partial charge in [-0.3, -0.25) is 15.0 Å². The third-order valence-corrected chi connectivity index (χ3v) is 3.81. The topological polar surface area (TPSA) is 84.7 Å². The molecule has 1 atom stereocenters. The fraction of sp³-hybridized carbons (Fsp3) is 0.588. The van der Waals surface area contributed by atoms with Crippen molar-refractivity contribution in [3.05, 3.63) is 39.9 Å². The summed E-state index contributed by atoms with van der Waals surface area (Å²) < 4.78 is 5.29. The second-order valence-corrected chi connectivity index (χ2v) is 7.11. The summed E-state index contributed by atoms with van der Waals surface area (Å²) in [6.45, 7) is 7.50. The number of nitrogens with zero attached hydrogens (tertiary/aromatic N) is 2. The van der Waals surface area contributed by atoms with Gasteiger partial charge in [0.1, 0.15) is 5.60 Å². The fourth-order valence-electron chi connectivity index (χ4n) is 2.85. The lowest BCUT2D eigenvalue weighted by atomic mass is 10.0. The number of hydrogen-bond donors (Lipinski definition) is 1. The maximum atomic E-state index is 11.9.